The molecule has 0 spiro atoms. The van der Waals surface area contributed by atoms with Gasteiger partial charge in [0.1, 0.15) is 5.69 Å². The molecule has 0 aliphatic carbocycles. The number of hydrogen-bond acceptors (Lipinski definition) is 5. The molecule has 0 saturated heterocycles. The number of hydrogen-bond donors (Lipinski definition) is 2. The van der Waals surface area contributed by atoms with E-state index in [1.54, 1.807) is 25.1 Å². The molecule has 1 amide bonds. The first-order valence-corrected chi connectivity index (χ1v) is 6.25. The number of aliphatic hydroxyl groups excluding tert-OH is 1. The maximum Gasteiger partial charge on any atom is 0.294 e. The molecule has 2 rings (SSSR count). The molecule has 0 bridgehead atoms. The Morgan fingerprint density at radius 3 is 2.86 bits per heavy atom. The number of nitrogens with zero attached hydrogens (tertiary/aromatic N) is 3. The van der Waals surface area contributed by atoms with Crippen molar-refractivity contribution in [3.05, 3.63) is 52.3 Å². The lowest BCUT2D eigenvalue weighted by molar-refractivity contribution is -0.384. The SMILES string of the molecule is C[C@@H](O)CNC(=O)c1ccn(-c2ccccc2[N+](=O)[O-])n1. The van der Waals surface area contributed by atoms with Crippen molar-refractivity contribution in [1.82, 2.24) is 15.1 Å². The highest BCUT2D eigenvalue weighted by Gasteiger charge is 2.17. The lowest BCUT2D eigenvalue weighted by atomic mass is 10.3. The van der Waals surface area contributed by atoms with Crippen molar-refractivity contribution in [2.45, 2.75) is 13.0 Å². The van der Waals surface area contributed by atoms with Gasteiger partial charge < -0.3 is 10.4 Å². The van der Waals surface area contributed by atoms with Crippen LogP contribution in [0, 0.1) is 10.1 Å². The Morgan fingerprint density at radius 1 is 1.48 bits per heavy atom. The third-order valence-corrected chi connectivity index (χ3v) is 2.70. The number of benzene rings is 1. The van der Waals surface area contributed by atoms with Gasteiger partial charge in [-0.05, 0) is 19.1 Å². The summed E-state index contributed by atoms with van der Waals surface area (Å²) in [6, 6.07) is 7.57. The molecule has 0 aliphatic heterocycles. The molecule has 1 aromatic heterocycles. The molecule has 2 N–H and O–H groups in total. The minimum Gasteiger partial charge on any atom is -0.392 e. The molecule has 1 heterocycles. The summed E-state index contributed by atoms with van der Waals surface area (Å²) in [5.41, 5.74) is 0.294. The lowest BCUT2D eigenvalue weighted by Crippen LogP contribution is -2.30. The maximum absolute atomic E-state index is 11.8. The van der Waals surface area contributed by atoms with Crippen LogP contribution < -0.4 is 5.32 Å². The number of amides is 1. The molecule has 0 saturated carbocycles. The average Bonchev–Trinajstić information content (AvgIpc) is 2.94. The van der Waals surface area contributed by atoms with Gasteiger partial charge in [0.2, 0.25) is 0 Å². The van der Waals surface area contributed by atoms with Gasteiger partial charge in [0, 0.05) is 18.8 Å². The third kappa shape index (κ3) is 3.42. The van der Waals surface area contributed by atoms with E-state index in [0.29, 0.717) is 0 Å². The molecule has 2 aromatic rings. The zero-order valence-corrected chi connectivity index (χ0v) is 11.3. The van der Waals surface area contributed by atoms with Crippen molar-refractivity contribution < 1.29 is 14.8 Å². The van der Waals surface area contributed by atoms with Crippen molar-refractivity contribution >= 4 is 11.6 Å². The number of rotatable bonds is 5. The normalized spacial score (nSPS) is 11.9. The molecule has 21 heavy (non-hydrogen) atoms. The first-order chi connectivity index (χ1) is 9.99. The second kappa shape index (κ2) is 6.14. The summed E-state index contributed by atoms with van der Waals surface area (Å²) in [7, 11) is 0. The van der Waals surface area contributed by atoms with Gasteiger partial charge in [-0.2, -0.15) is 5.10 Å². The number of nitro benzene ring substituents is 1. The number of nitrogens with one attached hydrogen (secondary N) is 1. The van der Waals surface area contributed by atoms with E-state index in [9.17, 15) is 14.9 Å². The van der Waals surface area contributed by atoms with Crippen LogP contribution in [0.3, 0.4) is 0 Å². The van der Waals surface area contributed by atoms with Crippen LogP contribution in [0.1, 0.15) is 17.4 Å². The number of aromatic nitrogens is 2. The zero-order valence-electron chi connectivity index (χ0n) is 11.3. The summed E-state index contributed by atoms with van der Waals surface area (Å²) < 4.78 is 1.27. The fourth-order valence-corrected chi connectivity index (χ4v) is 1.72. The van der Waals surface area contributed by atoms with Crippen LogP contribution in [-0.2, 0) is 0 Å². The van der Waals surface area contributed by atoms with Crippen molar-refractivity contribution in [3.63, 3.8) is 0 Å². The summed E-state index contributed by atoms with van der Waals surface area (Å²) >= 11 is 0. The van der Waals surface area contributed by atoms with E-state index < -0.39 is 16.9 Å². The van der Waals surface area contributed by atoms with Gasteiger partial charge in [-0.1, -0.05) is 12.1 Å². The molecule has 0 fully saturated rings. The van der Waals surface area contributed by atoms with Crippen LogP contribution in [0.5, 0.6) is 0 Å². The number of para-hydroxylation sites is 2. The van der Waals surface area contributed by atoms with Gasteiger partial charge in [0.25, 0.3) is 11.6 Å². The van der Waals surface area contributed by atoms with E-state index in [4.69, 9.17) is 5.11 Å². The van der Waals surface area contributed by atoms with Crippen LogP contribution >= 0.6 is 0 Å². The predicted molar refractivity (Wildman–Crippen MR) is 74.2 cm³/mol. The summed E-state index contributed by atoms with van der Waals surface area (Å²) in [4.78, 5) is 22.2. The summed E-state index contributed by atoms with van der Waals surface area (Å²) in [5, 5.41) is 26.6. The molecule has 8 nitrogen and oxygen atoms in total. The molecule has 0 unspecified atom stereocenters. The van der Waals surface area contributed by atoms with Crippen LogP contribution in [-0.4, -0.2) is 38.4 Å². The predicted octanol–water partition coefficient (Wildman–Crippen LogP) is 0.891. The summed E-state index contributed by atoms with van der Waals surface area (Å²) in [6.07, 6.45) is 0.811. The standard InChI is InChI=1S/C13H14N4O4/c1-9(18)8-14-13(19)10-6-7-16(15-10)11-4-2-3-5-12(11)17(20)21/h2-7,9,18H,8H2,1H3,(H,14,19)/t9-/m1/s1. The highest BCUT2D eigenvalue weighted by molar-refractivity contribution is 5.92. The number of carbonyl (C=O) groups excluding carboxylic acids is 1. The quantitative estimate of drug-likeness (QED) is 0.627. The van der Waals surface area contributed by atoms with Crippen molar-refractivity contribution in [1.29, 1.82) is 0 Å². The molecule has 1 atom stereocenters. The van der Waals surface area contributed by atoms with E-state index in [2.05, 4.69) is 10.4 Å². The fourth-order valence-electron chi connectivity index (χ4n) is 1.72. The summed E-state index contributed by atoms with van der Waals surface area (Å²) in [5.74, 6) is -0.451. The average molecular weight is 290 g/mol. The minimum atomic E-state index is -0.661. The van der Waals surface area contributed by atoms with E-state index in [0.717, 1.165) is 0 Å². The largest absolute Gasteiger partial charge is 0.392 e. The van der Waals surface area contributed by atoms with Crippen molar-refractivity contribution in [3.8, 4) is 5.69 Å². The van der Waals surface area contributed by atoms with E-state index >= 15 is 0 Å². The molecule has 1 aromatic carbocycles. The van der Waals surface area contributed by atoms with Crippen LogP contribution in [0.4, 0.5) is 5.69 Å². The Hall–Kier alpha value is -2.74. The number of carbonyl (C=O) groups is 1. The van der Waals surface area contributed by atoms with Gasteiger partial charge in [-0.3, -0.25) is 14.9 Å². The Bertz CT molecular complexity index is 666. The second-order valence-corrected chi connectivity index (χ2v) is 4.45. The molecule has 0 aliphatic rings. The Kier molecular flexibility index (Phi) is 4.29. The minimum absolute atomic E-state index is 0.100. The first-order valence-electron chi connectivity index (χ1n) is 6.25. The smallest absolute Gasteiger partial charge is 0.294 e. The van der Waals surface area contributed by atoms with E-state index in [1.165, 1.54) is 23.0 Å². The van der Waals surface area contributed by atoms with Crippen molar-refractivity contribution in [2.75, 3.05) is 6.54 Å². The van der Waals surface area contributed by atoms with Crippen LogP contribution in [0.25, 0.3) is 5.69 Å². The maximum atomic E-state index is 11.8. The number of nitro groups is 1. The van der Waals surface area contributed by atoms with Gasteiger partial charge in [-0.15, -0.1) is 0 Å². The Labute approximate surface area is 120 Å². The van der Waals surface area contributed by atoms with Crippen LogP contribution in [0.2, 0.25) is 0 Å². The molecule has 8 heteroatoms. The van der Waals surface area contributed by atoms with Gasteiger partial charge in [0.05, 0.1) is 11.0 Å². The number of aliphatic hydroxyl groups is 1. The fraction of sp³-hybridized carbons (Fsp3) is 0.231. The van der Waals surface area contributed by atoms with Gasteiger partial charge in [-0.25, -0.2) is 4.68 Å². The third-order valence-electron chi connectivity index (χ3n) is 2.70. The Balaban J connectivity index is 2.24. The first kappa shape index (κ1) is 14.7. The molecular weight excluding hydrogens is 276 g/mol. The monoisotopic (exact) mass is 290 g/mol. The summed E-state index contributed by atoms with van der Waals surface area (Å²) in [6.45, 7) is 1.66. The van der Waals surface area contributed by atoms with E-state index in [-0.39, 0.29) is 23.6 Å². The highest BCUT2D eigenvalue weighted by Crippen LogP contribution is 2.21. The van der Waals surface area contributed by atoms with Gasteiger partial charge >= 0.3 is 0 Å². The van der Waals surface area contributed by atoms with Gasteiger partial charge in [0.15, 0.2) is 5.69 Å². The second-order valence-electron chi connectivity index (χ2n) is 4.45. The van der Waals surface area contributed by atoms with Crippen LogP contribution in [0.15, 0.2) is 36.5 Å². The molecule has 110 valence electrons. The topological polar surface area (TPSA) is 110 Å². The Morgan fingerprint density at radius 2 is 2.19 bits per heavy atom. The van der Waals surface area contributed by atoms with Crippen molar-refractivity contribution in [2.24, 2.45) is 0 Å². The molecular formula is C13H14N4O4. The lowest BCUT2D eigenvalue weighted by Gasteiger charge is -2.05. The highest BCUT2D eigenvalue weighted by atomic mass is 16.6. The molecule has 0 radical (unpaired) electrons. The zero-order chi connectivity index (χ0) is 15.4. The van der Waals surface area contributed by atoms with E-state index in [1.807, 2.05) is 0 Å².